The van der Waals surface area contributed by atoms with Crippen LogP contribution in [0.3, 0.4) is 0 Å². The van der Waals surface area contributed by atoms with E-state index in [1.54, 1.807) is 0 Å². The Morgan fingerprint density at radius 3 is 1.42 bits per heavy atom. The molecule has 1 atom stereocenters. The quantitative estimate of drug-likeness (QED) is 0.217. The van der Waals surface area contributed by atoms with Crippen LogP contribution in [0.4, 0.5) is 0 Å². The molecule has 0 aliphatic rings. The first-order valence-corrected chi connectivity index (χ1v) is 11.5. The minimum absolute atomic E-state index is 0.934. The highest BCUT2D eigenvalue weighted by Crippen LogP contribution is 2.17. The molecule has 1 nitrogen and oxygen atoms in total. The molecular formula is C23H49N. The van der Waals surface area contributed by atoms with Crippen molar-refractivity contribution < 1.29 is 0 Å². The van der Waals surface area contributed by atoms with Gasteiger partial charge in [0.05, 0.1) is 0 Å². The first-order chi connectivity index (χ1) is 11.7. The van der Waals surface area contributed by atoms with E-state index < -0.39 is 0 Å². The number of hydrogen-bond acceptors (Lipinski definition) is 1. The fourth-order valence-electron chi connectivity index (χ4n) is 3.68. The Morgan fingerprint density at radius 2 is 0.958 bits per heavy atom. The van der Waals surface area contributed by atoms with Crippen molar-refractivity contribution >= 4 is 0 Å². The van der Waals surface area contributed by atoms with Gasteiger partial charge in [0.2, 0.25) is 0 Å². The van der Waals surface area contributed by atoms with Crippen molar-refractivity contribution in [3.63, 3.8) is 0 Å². The molecule has 0 aliphatic heterocycles. The summed E-state index contributed by atoms with van der Waals surface area (Å²) in [6, 6.07) is 0. The third-order valence-corrected chi connectivity index (χ3v) is 5.62. The van der Waals surface area contributed by atoms with Crippen molar-refractivity contribution in [3.05, 3.63) is 0 Å². The zero-order chi connectivity index (χ0) is 17.9. The maximum atomic E-state index is 2.55. The Morgan fingerprint density at radius 1 is 0.542 bits per heavy atom. The summed E-state index contributed by atoms with van der Waals surface area (Å²) in [5.41, 5.74) is 0. The molecule has 0 bridgehead atoms. The summed E-state index contributed by atoms with van der Waals surface area (Å²) in [6.07, 6.45) is 21.8. The summed E-state index contributed by atoms with van der Waals surface area (Å²) in [4.78, 5) is 2.55. The highest BCUT2D eigenvalue weighted by Gasteiger charge is 2.04. The third-order valence-electron chi connectivity index (χ3n) is 5.62. The van der Waals surface area contributed by atoms with E-state index in [0.717, 1.165) is 5.92 Å². The molecule has 0 aromatic carbocycles. The zero-order valence-electron chi connectivity index (χ0n) is 17.8. The average Bonchev–Trinajstić information content (AvgIpc) is 2.59. The lowest BCUT2D eigenvalue weighted by Gasteiger charge is -2.19. The van der Waals surface area contributed by atoms with Crippen LogP contribution < -0.4 is 0 Å². The lowest BCUT2D eigenvalue weighted by Crippen LogP contribution is -2.24. The van der Waals surface area contributed by atoms with Crippen LogP contribution in [0.15, 0.2) is 0 Å². The van der Waals surface area contributed by atoms with E-state index >= 15 is 0 Å². The second-order valence-corrected chi connectivity index (χ2v) is 7.95. The molecule has 0 N–H and O–H groups in total. The lowest BCUT2D eigenvalue weighted by molar-refractivity contribution is 0.285. The van der Waals surface area contributed by atoms with Gasteiger partial charge < -0.3 is 4.90 Å². The topological polar surface area (TPSA) is 3.24 Å². The van der Waals surface area contributed by atoms with Crippen LogP contribution in [0.1, 0.15) is 124 Å². The van der Waals surface area contributed by atoms with Gasteiger partial charge in [0.15, 0.2) is 0 Å². The van der Waals surface area contributed by atoms with E-state index in [1.165, 1.54) is 116 Å². The molecule has 0 aromatic heterocycles. The first-order valence-electron chi connectivity index (χ1n) is 11.5. The van der Waals surface area contributed by atoms with Crippen LogP contribution in [0.5, 0.6) is 0 Å². The fraction of sp³-hybridized carbons (Fsp3) is 1.00. The minimum Gasteiger partial charge on any atom is -0.304 e. The highest BCUT2D eigenvalue weighted by molar-refractivity contribution is 4.58. The molecule has 24 heavy (non-hydrogen) atoms. The summed E-state index contributed by atoms with van der Waals surface area (Å²) >= 11 is 0. The van der Waals surface area contributed by atoms with E-state index in [4.69, 9.17) is 0 Å². The van der Waals surface area contributed by atoms with Crippen LogP contribution in [-0.4, -0.2) is 24.5 Å². The molecule has 1 unspecified atom stereocenters. The van der Waals surface area contributed by atoms with E-state index in [-0.39, 0.29) is 0 Å². The van der Waals surface area contributed by atoms with Gasteiger partial charge in [-0.1, -0.05) is 111 Å². The van der Waals surface area contributed by atoms with Crippen molar-refractivity contribution in [1.29, 1.82) is 0 Å². The molecule has 0 aliphatic carbocycles. The summed E-state index contributed by atoms with van der Waals surface area (Å²) in [7, 11) is 0. The molecule has 0 heterocycles. The van der Waals surface area contributed by atoms with Crippen molar-refractivity contribution in [2.75, 3.05) is 19.6 Å². The Bertz CT molecular complexity index is 222. The largest absolute Gasteiger partial charge is 0.304 e. The van der Waals surface area contributed by atoms with Gasteiger partial charge in [-0.05, 0) is 38.4 Å². The molecule has 0 saturated carbocycles. The molecular weight excluding hydrogens is 290 g/mol. The molecule has 1 heteroatoms. The maximum absolute atomic E-state index is 2.55. The Labute approximate surface area is 155 Å². The van der Waals surface area contributed by atoms with Gasteiger partial charge in [0.25, 0.3) is 0 Å². The Hall–Kier alpha value is -0.0400. The summed E-state index contributed by atoms with van der Waals surface area (Å²) in [6.45, 7) is 13.0. The standard InChI is InChI=1S/C23H49N/c1-5-8-9-10-11-12-13-14-15-16-17-18-20-23(4)21-19-22-24(6-2)7-3/h23H,5-22H2,1-4H3. The molecule has 0 radical (unpaired) electrons. The highest BCUT2D eigenvalue weighted by atomic mass is 15.1. The van der Waals surface area contributed by atoms with Crippen molar-refractivity contribution in [2.24, 2.45) is 5.92 Å². The maximum Gasteiger partial charge on any atom is -0.00189 e. The molecule has 146 valence electrons. The van der Waals surface area contributed by atoms with Gasteiger partial charge >= 0.3 is 0 Å². The Kier molecular flexibility index (Phi) is 19.3. The van der Waals surface area contributed by atoms with Crippen LogP contribution in [0.2, 0.25) is 0 Å². The van der Waals surface area contributed by atoms with Crippen LogP contribution in [-0.2, 0) is 0 Å². The number of rotatable bonds is 19. The predicted octanol–water partition coefficient (Wildman–Crippen LogP) is 7.84. The molecule has 0 rings (SSSR count). The van der Waals surface area contributed by atoms with E-state index in [2.05, 4.69) is 32.6 Å². The molecule has 0 fully saturated rings. The van der Waals surface area contributed by atoms with E-state index in [1.807, 2.05) is 0 Å². The van der Waals surface area contributed by atoms with E-state index in [0.29, 0.717) is 0 Å². The molecule has 0 aromatic rings. The molecule has 0 spiro atoms. The van der Waals surface area contributed by atoms with Crippen molar-refractivity contribution in [2.45, 2.75) is 124 Å². The number of nitrogens with zero attached hydrogens (tertiary/aromatic N) is 1. The van der Waals surface area contributed by atoms with Crippen molar-refractivity contribution in [3.8, 4) is 0 Å². The number of unbranched alkanes of at least 4 members (excludes halogenated alkanes) is 11. The monoisotopic (exact) mass is 339 g/mol. The van der Waals surface area contributed by atoms with Gasteiger partial charge in [-0.25, -0.2) is 0 Å². The third kappa shape index (κ3) is 16.8. The van der Waals surface area contributed by atoms with Gasteiger partial charge in [0.1, 0.15) is 0 Å². The zero-order valence-corrected chi connectivity index (χ0v) is 17.8. The normalized spacial score (nSPS) is 12.9. The molecule has 0 amide bonds. The predicted molar refractivity (Wildman–Crippen MR) is 112 cm³/mol. The summed E-state index contributed by atoms with van der Waals surface area (Å²) in [5.74, 6) is 0.934. The smallest absolute Gasteiger partial charge is 0.00189 e. The van der Waals surface area contributed by atoms with Crippen LogP contribution in [0, 0.1) is 5.92 Å². The van der Waals surface area contributed by atoms with Gasteiger partial charge in [-0.2, -0.15) is 0 Å². The van der Waals surface area contributed by atoms with Gasteiger partial charge in [-0.3, -0.25) is 0 Å². The second-order valence-electron chi connectivity index (χ2n) is 7.95. The van der Waals surface area contributed by atoms with Crippen LogP contribution >= 0.6 is 0 Å². The average molecular weight is 340 g/mol. The second kappa shape index (κ2) is 19.3. The number of hydrogen-bond donors (Lipinski definition) is 0. The van der Waals surface area contributed by atoms with Gasteiger partial charge in [0, 0.05) is 0 Å². The SMILES string of the molecule is CCCCCCCCCCCCCCC(C)CCCN(CC)CC. The first kappa shape index (κ1) is 24.0. The summed E-state index contributed by atoms with van der Waals surface area (Å²) in [5, 5.41) is 0. The van der Waals surface area contributed by atoms with Crippen molar-refractivity contribution in [1.82, 2.24) is 4.90 Å². The van der Waals surface area contributed by atoms with E-state index in [9.17, 15) is 0 Å². The Balaban J connectivity index is 3.20. The fourth-order valence-corrected chi connectivity index (χ4v) is 3.68. The van der Waals surface area contributed by atoms with Crippen LogP contribution in [0.25, 0.3) is 0 Å². The van der Waals surface area contributed by atoms with Gasteiger partial charge in [-0.15, -0.1) is 0 Å². The minimum atomic E-state index is 0.934. The summed E-state index contributed by atoms with van der Waals surface area (Å²) < 4.78 is 0. The molecule has 0 saturated heterocycles. The lowest BCUT2D eigenvalue weighted by atomic mass is 9.97.